The molecule has 0 aromatic carbocycles. The van der Waals surface area contributed by atoms with Crippen LogP contribution >= 0.6 is 0 Å². The van der Waals surface area contributed by atoms with Crippen molar-refractivity contribution in [3.8, 4) is 0 Å². The van der Waals surface area contributed by atoms with Gasteiger partial charge in [-0.2, -0.15) is 0 Å². The molecule has 1 aliphatic carbocycles. The minimum atomic E-state index is -0.794. The Bertz CT molecular complexity index is 159. The first kappa shape index (κ1) is 9.49. The van der Waals surface area contributed by atoms with Crippen molar-refractivity contribution < 1.29 is 13.9 Å². The van der Waals surface area contributed by atoms with Crippen LogP contribution in [0.5, 0.6) is 0 Å². The Morgan fingerprint density at radius 3 is 2.75 bits per heavy atom. The zero-order valence-electron chi connectivity index (χ0n) is 7.38. The van der Waals surface area contributed by atoms with Crippen LogP contribution in [-0.4, -0.2) is 19.3 Å². The van der Waals surface area contributed by atoms with E-state index in [1.807, 2.05) is 0 Å². The number of halogens is 1. The Kier molecular flexibility index (Phi) is 3.50. The molecule has 1 saturated carbocycles. The lowest BCUT2D eigenvalue weighted by Crippen LogP contribution is -2.23. The van der Waals surface area contributed by atoms with Gasteiger partial charge in [0.25, 0.3) is 0 Å². The normalized spacial score (nSPS) is 29.8. The topological polar surface area (TPSA) is 26.3 Å². The molecule has 0 unspecified atom stereocenters. The van der Waals surface area contributed by atoms with E-state index in [0.29, 0.717) is 6.42 Å². The fourth-order valence-corrected chi connectivity index (χ4v) is 1.69. The minimum Gasteiger partial charge on any atom is -0.469 e. The van der Waals surface area contributed by atoms with Crippen molar-refractivity contribution in [1.29, 1.82) is 0 Å². The number of hydrogen-bond acceptors (Lipinski definition) is 2. The highest BCUT2D eigenvalue weighted by molar-refractivity contribution is 5.69. The lowest BCUT2D eigenvalue weighted by molar-refractivity contribution is -0.142. The van der Waals surface area contributed by atoms with Gasteiger partial charge in [0, 0.05) is 5.92 Å². The largest absolute Gasteiger partial charge is 0.469 e. The van der Waals surface area contributed by atoms with Crippen LogP contribution in [0.1, 0.15) is 32.1 Å². The summed E-state index contributed by atoms with van der Waals surface area (Å²) in [6, 6.07) is 0. The van der Waals surface area contributed by atoms with Crippen LogP contribution in [0.3, 0.4) is 0 Å². The highest BCUT2D eigenvalue weighted by Gasteiger charge is 2.26. The van der Waals surface area contributed by atoms with Crippen LogP contribution in [0.2, 0.25) is 0 Å². The molecule has 1 rings (SSSR count). The van der Waals surface area contributed by atoms with Crippen molar-refractivity contribution in [3.63, 3.8) is 0 Å². The molecule has 0 spiro atoms. The van der Waals surface area contributed by atoms with Crippen molar-refractivity contribution in [3.05, 3.63) is 0 Å². The summed E-state index contributed by atoms with van der Waals surface area (Å²) >= 11 is 0. The summed E-state index contributed by atoms with van der Waals surface area (Å²) in [6.07, 6.45) is 2.90. The number of esters is 1. The van der Waals surface area contributed by atoms with Crippen molar-refractivity contribution in [1.82, 2.24) is 0 Å². The summed E-state index contributed by atoms with van der Waals surface area (Å²) in [7, 11) is 1.35. The van der Waals surface area contributed by atoms with Gasteiger partial charge >= 0.3 is 5.97 Å². The third kappa shape index (κ3) is 2.47. The number of alkyl halides is 1. The van der Waals surface area contributed by atoms with E-state index in [0.717, 1.165) is 19.3 Å². The number of hydrogen-bond donors (Lipinski definition) is 0. The van der Waals surface area contributed by atoms with Gasteiger partial charge in [-0.25, -0.2) is 4.39 Å². The summed E-state index contributed by atoms with van der Waals surface area (Å²) in [5, 5.41) is 0. The van der Waals surface area contributed by atoms with Gasteiger partial charge in [-0.05, 0) is 12.8 Å². The molecule has 0 aromatic heterocycles. The molecule has 0 aliphatic heterocycles. The molecule has 1 aliphatic rings. The number of ether oxygens (including phenoxy) is 1. The molecule has 2 nitrogen and oxygen atoms in total. The van der Waals surface area contributed by atoms with E-state index in [1.165, 1.54) is 7.11 Å². The molecule has 0 radical (unpaired) electrons. The standard InChI is InChI=1S/C9H15FO2/c1-12-9(11)6-7-4-2-3-5-8(7)10/h7-8H,2-6H2,1H3/t7-,8-/m1/s1. The maximum atomic E-state index is 13.1. The molecule has 3 heteroatoms. The van der Waals surface area contributed by atoms with Gasteiger partial charge in [-0.1, -0.05) is 12.8 Å². The lowest BCUT2D eigenvalue weighted by Gasteiger charge is -2.24. The Labute approximate surface area is 72.1 Å². The molecule has 12 heavy (non-hydrogen) atoms. The summed E-state index contributed by atoms with van der Waals surface area (Å²) in [6.45, 7) is 0. The van der Waals surface area contributed by atoms with Crippen LogP contribution < -0.4 is 0 Å². The number of carbonyl (C=O) groups is 1. The van der Waals surface area contributed by atoms with E-state index in [-0.39, 0.29) is 18.3 Å². The highest BCUT2D eigenvalue weighted by Crippen LogP contribution is 2.29. The van der Waals surface area contributed by atoms with Crippen LogP contribution in [0.15, 0.2) is 0 Å². The monoisotopic (exact) mass is 174 g/mol. The second kappa shape index (κ2) is 4.43. The van der Waals surface area contributed by atoms with Gasteiger partial charge in [0.15, 0.2) is 0 Å². The predicted octanol–water partition coefficient (Wildman–Crippen LogP) is 2.08. The first-order valence-corrected chi connectivity index (χ1v) is 4.45. The Balaban J connectivity index is 2.33. The zero-order valence-corrected chi connectivity index (χ0v) is 7.38. The molecule has 0 heterocycles. The predicted molar refractivity (Wildman–Crippen MR) is 43.5 cm³/mol. The highest BCUT2D eigenvalue weighted by atomic mass is 19.1. The van der Waals surface area contributed by atoms with Gasteiger partial charge in [0.05, 0.1) is 13.5 Å². The molecular weight excluding hydrogens is 159 g/mol. The first-order chi connectivity index (χ1) is 5.74. The van der Waals surface area contributed by atoms with Crippen LogP contribution in [0.4, 0.5) is 4.39 Å². The van der Waals surface area contributed by atoms with E-state index in [2.05, 4.69) is 4.74 Å². The molecule has 70 valence electrons. The number of rotatable bonds is 2. The number of carbonyl (C=O) groups excluding carboxylic acids is 1. The van der Waals surface area contributed by atoms with Gasteiger partial charge in [-0.3, -0.25) is 4.79 Å². The van der Waals surface area contributed by atoms with E-state index in [9.17, 15) is 9.18 Å². The van der Waals surface area contributed by atoms with Crippen molar-refractivity contribution in [2.75, 3.05) is 7.11 Å². The molecular formula is C9H15FO2. The third-order valence-electron chi connectivity index (χ3n) is 2.47. The number of methoxy groups -OCH3 is 1. The van der Waals surface area contributed by atoms with Gasteiger partial charge in [0.1, 0.15) is 6.17 Å². The fraction of sp³-hybridized carbons (Fsp3) is 0.889. The van der Waals surface area contributed by atoms with E-state index < -0.39 is 6.17 Å². The third-order valence-corrected chi connectivity index (χ3v) is 2.47. The van der Waals surface area contributed by atoms with Crippen molar-refractivity contribution in [2.24, 2.45) is 5.92 Å². The molecule has 0 N–H and O–H groups in total. The fourth-order valence-electron chi connectivity index (χ4n) is 1.69. The Morgan fingerprint density at radius 1 is 1.50 bits per heavy atom. The molecule has 2 atom stereocenters. The summed E-state index contributed by atoms with van der Waals surface area (Å²) in [5.41, 5.74) is 0. The maximum absolute atomic E-state index is 13.1. The molecule has 0 aromatic rings. The van der Waals surface area contributed by atoms with Gasteiger partial charge in [0.2, 0.25) is 0 Å². The average Bonchev–Trinajstić information content (AvgIpc) is 2.09. The second-order valence-corrected chi connectivity index (χ2v) is 3.34. The molecule has 0 amide bonds. The van der Waals surface area contributed by atoms with E-state index >= 15 is 0 Å². The lowest BCUT2D eigenvalue weighted by atomic mass is 9.85. The molecule has 0 bridgehead atoms. The smallest absolute Gasteiger partial charge is 0.305 e. The average molecular weight is 174 g/mol. The van der Waals surface area contributed by atoms with E-state index in [1.54, 1.807) is 0 Å². The van der Waals surface area contributed by atoms with Crippen molar-refractivity contribution in [2.45, 2.75) is 38.3 Å². The molecule has 1 fully saturated rings. The van der Waals surface area contributed by atoms with Crippen LogP contribution in [-0.2, 0) is 9.53 Å². The summed E-state index contributed by atoms with van der Waals surface area (Å²) < 4.78 is 17.6. The first-order valence-electron chi connectivity index (χ1n) is 4.45. The zero-order chi connectivity index (χ0) is 8.97. The van der Waals surface area contributed by atoms with Crippen molar-refractivity contribution >= 4 is 5.97 Å². The maximum Gasteiger partial charge on any atom is 0.305 e. The van der Waals surface area contributed by atoms with Crippen LogP contribution in [0.25, 0.3) is 0 Å². The van der Waals surface area contributed by atoms with Gasteiger partial charge < -0.3 is 4.74 Å². The summed E-state index contributed by atoms with van der Waals surface area (Å²) in [5.74, 6) is -0.379. The van der Waals surface area contributed by atoms with E-state index in [4.69, 9.17) is 0 Å². The minimum absolute atomic E-state index is 0.0915. The quantitative estimate of drug-likeness (QED) is 0.599. The summed E-state index contributed by atoms with van der Waals surface area (Å²) in [4.78, 5) is 10.8. The SMILES string of the molecule is COC(=O)C[C@H]1CCCC[C@H]1F. The van der Waals surface area contributed by atoms with Crippen LogP contribution in [0, 0.1) is 5.92 Å². The Morgan fingerprint density at radius 2 is 2.17 bits per heavy atom. The van der Waals surface area contributed by atoms with Gasteiger partial charge in [-0.15, -0.1) is 0 Å². The molecule has 0 saturated heterocycles. The Hall–Kier alpha value is -0.600. The second-order valence-electron chi connectivity index (χ2n) is 3.34.